The Labute approximate surface area is 364 Å². The van der Waals surface area contributed by atoms with Crippen LogP contribution in [0.1, 0.15) is 0 Å². The third-order valence-electron chi connectivity index (χ3n) is 12.7. The summed E-state index contributed by atoms with van der Waals surface area (Å²) in [6.45, 7) is 0. The van der Waals surface area contributed by atoms with Crippen molar-refractivity contribution >= 4 is 87.5 Å². The summed E-state index contributed by atoms with van der Waals surface area (Å²) in [4.78, 5) is 20.8. The highest BCUT2D eigenvalue weighted by Crippen LogP contribution is 2.42. The Hall–Kier alpha value is -8.88. The zero-order chi connectivity index (χ0) is 41.9. The average molecular weight is 820 g/mol. The van der Waals surface area contributed by atoms with Crippen LogP contribution in [0.4, 0.5) is 0 Å². The first-order valence-electron chi connectivity index (χ1n) is 21.4. The van der Waals surface area contributed by atoms with Crippen LogP contribution in [0, 0.1) is 0 Å². The fourth-order valence-electron chi connectivity index (χ4n) is 9.97. The highest BCUT2D eigenvalue weighted by Gasteiger charge is 2.24. The Morgan fingerprint density at radius 2 is 0.891 bits per heavy atom. The van der Waals surface area contributed by atoms with Crippen molar-refractivity contribution in [2.24, 2.45) is 0 Å². The highest BCUT2D eigenvalue weighted by molar-refractivity contribution is 6.23. The minimum atomic E-state index is 0.543. The van der Waals surface area contributed by atoms with Crippen LogP contribution in [-0.2, 0) is 0 Å². The summed E-state index contributed by atoms with van der Waals surface area (Å²) >= 11 is 0. The maximum Gasteiger partial charge on any atom is 0.238 e. The molecule has 0 saturated heterocycles. The van der Waals surface area contributed by atoms with E-state index in [1.165, 1.54) is 5.39 Å². The number of hydrogen-bond donors (Lipinski definition) is 0. The molecular weight excluding hydrogens is 787 g/mol. The molecule has 0 aliphatic carbocycles. The van der Waals surface area contributed by atoms with Gasteiger partial charge in [0.2, 0.25) is 11.7 Å². The van der Waals surface area contributed by atoms with Crippen LogP contribution in [0.15, 0.2) is 205 Å². The Kier molecular flexibility index (Phi) is 7.23. The van der Waals surface area contributed by atoms with E-state index >= 15 is 0 Å². The smallest absolute Gasteiger partial charge is 0.238 e. The normalized spacial score (nSPS) is 12.1. The zero-order valence-electron chi connectivity index (χ0n) is 34.1. The molecule has 8 nitrogen and oxygen atoms in total. The number of rotatable bonds is 5. The van der Waals surface area contributed by atoms with E-state index in [4.69, 9.17) is 24.4 Å². The van der Waals surface area contributed by atoms with Crippen LogP contribution < -0.4 is 0 Å². The number of fused-ring (bicyclic) bond motifs is 13. The van der Waals surface area contributed by atoms with Gasteiger partial charge in [-0.3, -0.25) is 4.57 Å². The third kappa shape index (κ3) is 4.99. The second kappa shape index (κ2) is 13.3. The van der Waals surface area contributed by atoms with Crippen molar-refractivity contribution in [2.75, 3.05) is 0 Å². The van der Waals surface area contributed by atoms with Crippen LogP contribution in [0.5, 0.6) is 0 Å². The molecule has 0 unspecified atom stereocenters. The molecule has 0 N–H and O–H groups in total. The molecule has 6 heterocycles. The second-order valence-corrected chi connectivity index (χ2v) is 16.3. The molecule has 8 heteroatoms. The van der Waals surface area contributed by atoms with Crippen molar-refractivity contribution in [3.63, 3.8) is 0 Å². The van der Waals surface area contributed by atoms with E-state index in [1.54, 1.807) is 0 Å². The number of para-hydroxylation sites is 5. The SMILES string of the molecule is c1ccc(-c2nc(-c3ccc4c(c3)c3ccccc3n4-c3cnc4oc5ccccc5c4c3)nc(-n3c4ccccc4c4ccc5c6ccccc6n(-c6ccccc6)c5c43)n2)cc1. The average Bonchev–Trinajstić information content (AvgIpc) is 4.10. The summed E-state index contributed by atoms with van der Waals surface area (Å²) in [6, 6.07) is 67.9. The molecule has 0 bridgehead atoms. The molecular formula is C56H33N7O. The van der Waals surface area contributed by atoms with E-state index in [1.807, 2.05) is 42.6 Å². The Morgan fingerprint density at radius 1 is 0.344 bits per heavy atom. The lowest BCUT2D eigenvalue weighted by molar-refractivity contribution is 0.654. The first kappa shape index (κ1) is 34.8. The number of hydrogen-bond acceptors (Lipinski definition) is 5. The number of aromatic nitrogens is 7. The molecule has 0 amide bonds. The molecule has 0 spiro atoms. The summed E-state index contributed by atoms with van der Waals surface area (Å²) in [5, 5.41) is 8.81. The third-order valence-corrected chi connectivity index (χ3v) is 12.7. The van der Waals surface area contributed by atoms with Crippen LogP contribution in [0.2, 0.25) is 0 Å². The molecule has 298 valence electrons. The molecule has 0 fully saturated rings. The summed E-state index contributed by atoms with van der Waals surface area (Å²) in [6.07, 6.45) is 1.90. The van der Waals surface area contributed by atoms with Gasteiger partial charge in [-0.05, 0) is 60.7 Å². The van der Waals surface area contributed by atoms with Crippen LogP contribution in [-0.4, -0.2) is 33.6 Å². The molecule has 0 saturated carbocycles. The van der Waals surface area contributed by atoms with Gasteiger partial charge in [-0.15, -0.1) is 0 Å². The quantitative estimate of drug-likeness (QED) is 0.173. The van der Waals surface area contributed by atoms with Gasteiger partial charge in [0.05, 0.1) is 50.4 Å². The van der Waals surface area contributed by atoms with E-state index in [0.717, 1.165) is 98.9 Å². The fourth-order valence-corrected chi connectivity index (χ4v) is 9.97. The summed E-state index contributed by atoms with van der Waals surface area (Å²) in [7, 11) is 0. The molecule has 14 rings (SSSR count). The maximum atomic E-state index is 6.11. The number of benzene rings is 8. The van der Waals surface area contributed by atoms with Gasteiger partial charge in [0.25, 0.3) is 0 Å². The van der Waals surface area contributed by atoms with Gasteiger partial charge < -0.3 is 13.6 Å². The van der Waals surface area contributed by atoms with E-state index in [-0.39, 0.29) is 0 Å². The monoisotopic (exact) mass is 819 g/mol. The predicted molar refractivity (Wildman–Crippen MR) is 259 cm³/mol. The molecule has 0 aliphatic rings. The highest BCUT2D eigenvalue weighted by atomic mass is 16.3. The van der Waals surface area contributed by atoms with E-state index in [2.05, 4.69) is 171 Å². The summed E-state index contributed by atoms with van der Waals surface area (Å²) in [5.74, 6) is 1.72. The van der Waals surface area contributed by atoms with E-state index in [9.17, 15) is 0 Å². The first-order chi connectivity index (χ1) is 31.7. The van der Waals surface area contributed by atoms with Crippen LogP contribution >= 0.6 is 0 Å². The van der Waals surface area contributed by atoms with Gasteiger partial charge in [0, 0.05) is 54.5 Å². The maximum absolute atomic E-state index is 6.11. The molecule has 64 heavy (non-hydrogen) atoms. The van der Waals surface area contributed by atoms with Crippen molar-refractivity contribution < 1.29 is 4.42 Å². The largest absolute Gasteiger partial charge is 0.438 e. The second-order valence-electron chi connectivity index (χ2n) is 16.3. The fraction of sp³-hybridized carbons (Fsp3) is 0. The molecule has 0 atom stereocenters. The minimum absolute atomic E-state index is 0.543. The van der Waals surface area contributed by atoms with Gasteiger partial charge in [0.1, 0.15) is 5.58 Å². The molecule has 0 aliphatic heterocycles. The van der Waals surface area contributed by atoms with Gasteiger partial charge in [-0.2, -0.15) is 9.97 Å². The van der Waals surface area contributed by atoms with Gasteiger partial charge in [-0.1, -0.05) is 133 Å². The summed E-state index contributed by atoms with van der Waals surface area (Å²) < 4.78 is 13.0. The summed E-state index contributed by atoms with van der Waals surface area (Å²) in [5.41, 5.74) is 11.7. The van der Waals surface area contributed by atoms with Crippen molar-refractivity contribution in [1.29, 1.82) is 0 Å². The number of nitrogens with zero attached hydrogens (tertiary/aromatic N) is 7. The first-order valence-corrected chi connectivity index (χ1v) is 21.4. The Morgan fingerprint density at radius 3 is 1.61 bits per heavy atom. The number of pyridine rings is 1. The van der Waals surface area contributed by atoms with E-state index in [0.29, 0.717) is 23.3 Å². The van der Waals surface area contributed by atoms with Crippen LogP contribution in [0.3, 0.4) is 0 Å². The van der Waals surface area contributed by atoms with Gasteiger partial charge in [0.15, 0.2) is 11.6 Å². The topological polar surface area (TPSA) is 79.5 Å². The molecule has 0 radical (unpaired) electrons. The minimum Gasteiger partial charge on any atom is -0.438 e. The molecule has 6 aromatic heterocycles. The molecule has 14 aromatic rings. The van der Waals surface area contributed by atoms with Crippen molar-refractivity contribution in [2.45, 2.75) is 0 Å². The molecule has 8 aromatic carbocycles. The van der Waals surface area contributed by atoms with Gasteiger partial charge >= 0.3 is 0 Å². The standard InChI is InChI=1S/C56H33N7O/c1-3-15-34(16-4-1)53-58-54(35-27-30-49-44(31-35)40-21-9-11-23-46(40)61(49)37-32-45-41-22-10-14-26-50(41)64-55(45)57-33-37)60-56(59-53)63-48-25-13-8-20-39(48)43-29-28-42-38-19-7-12-24-47(38)62(51(42)52(43)63)36-17-5-2-6-18-36/h1-33H. The Bertz CT molecular complexity index is 4200. The van der Waals surface area contributed by atoms with Gasteiger partial charge in [-0.25, -0.2) is 9.97 Å². The van der Waals surface area contributed by atoms with Crippen molar-refractivity contribution in [3.8, 4) is 40.1 Å². The number of furan rings is 1. The Balaban J connectivity index is 1.04. The lowest BCUT2D eigenvalue weighted by atomic mass is 10.1. The lowest BCUT2D eigenvalue weighted by Gasteiger charge is -2.13. The lowest BCUT2D eigenvalue weighted by Crippen LogP contribution is -2.07. The van der Waals surface area contributed by atoms with Crippen LogP contribution in [0.25, 0.3) is 128 Å². The van der Waals surface area contributed by atoms with Crippen molar-refractivity contribution in [3.05, 3.63) is 200 Å². The zero-order valence-corrected chi connectivity index (χ0v) is 34.1. The predicted octanol–water partition coefficient (Wildman–Crippen LogP) is 13.8. The van der Waals surface area contributed by atoms with E-state index < -0.39 is 0 Å². The van der Waals surface area contributed by atoms with Crippen molar-refractivity contribution in [1.82, 2.24) is 33.6 Å².